The maximum Gasteiger partial charge on any atom is 0.419 e. The van der Waals surface area contributed by atoms with E-state index in [4.69, 9.17) is 4.98 Å². The Morgan fingerprint density at radius 3 is 2.62 bits per heavy atom. The van der Waals surface area contributed by atoms with E-state index >= 15 is 0 Å². The Kier molecular flexibility index (Phi) is 7.13. The number of nitrogens with one attached hydrogen (secondary N) is 3. The van der Waals surface area contributed by atoms with Crippen molar-refractivity contribution in [1.82, 2.24) is 20.6 Å². The second-order valence-corrected chi connectivity index (χ2v) is 10.6. The number of carbonyl (C=O) groups is 1. The highest BCUT2D eigenvalue weighted by Gasteiger charge is 2.35. The van der Waals surface area contributed by atoms with Crippen LogP contribution >= 0.6 is 0 Å². The highest BCUT2D eigenvalue weighted by Crippen LogP contribution is 2.43. The SMILES string of the molecule is Cc1cc2c(N3CCN[C@@H](C)CC3)c(C(=O)N[C@@H](C)c3ccc(F)c(C(F)(F)F)c3)c(=O)[nH]c2c(C2CC2)n1. The van der Waals surface area contributed by atoms with Gasteiger partial charge in [-0.15, -0.1) is 0 Å². The van der Waals surface area contributed by atoms with Crippen molar-refractivity contribution in [3.8, 4) is 0 Å². The van der Waals surface area contributed by atoms with Crippen molar-refractivity contribution in [2.45, 2.75) is 64.2 Å². The van der Waals surface area contributed by atoms with Crippen LogP contribution in [0.15, 0.2) is 29.1 Å². The highest BCUT2D eigenvalue weighted by molar-refractivity contribution is 6.08. The van der Waals surface area contributed by atoms with Crippen molar-refractivity contribution >= 4 is 22.5 Å². The zero-order valence-corrected chi connectivity index (χ0v) is 22.0. The van der Waals surface area contributed by atoms with Crippen LogP contribution < -0.4 is 21.1 Å². The zero-order valence-electron chi connectivity index (χ0n) is 22.0. The molecule has 208 valence electrons. The maximum atomic E-state index is 13.8. The average molecular weight is 546 g/mol. The van der Waals surface area contributed by atoms with Gasteiger partial charge in [0, 0.05) is 42.7 Å². The quantitative estimate of drug-likeness (QED) is 0.395. The van der Waals surface area contributed by atoms with Crippen LogP contribution in [0.2, 0.25) is 0 Å². The lowest BCUT2D eigenvalue weighted by Crippen LogP contribution is -2.37. The summed E-state index contributed by atoms with van der Waals surface area (Å²) in [5.41, 5.74) is 0.667. The van der Waals surface area contributed by atoms with E-state index in [1.54, 1.807) is 0 Å². The summed E-state index contributed by atoms with van der Waals surface area (Å²) in [6.07, 6.45) is -2.13. The number of pyridine rings is 2. The fourth-order valence-electron chi connectivity index (χ4n) is 5.24. The van der Waals surface area contributed by atoms with Crippen LogP contribution in [0.5, 0.6) is 0 Å². The summed E-state index contributed by atoms with van der Waals surface area (Å²) in [7, 11) is 0. The normalized spacial score (nSPS) is 19.2. The predicted molar refractivity (Wildman–Crippen MR) is 141 cm³/mol. The molecule has 1 amide bonds. The maximum absolute atomic E-state index is 13.8. The number of carbonyl (C=O) groups excluding carboxylic acids is 1. The molecule has 3 aromatic rings. The minimum Gasteiger partial charge on any atom is -0.369 e. The van der Waals surface area contributed by atoms with Crippen LogP contribution in [0, 0.1) is 12.7 Å². The predicted octanol–water partition coefficient (Wildman–Crippen LogP) is 4.95. The van der Waals surface area contributed by atoms with Crippen molar-refractivity contribution in [2.24, 2.45) is 0 Å². The van der Waals surface area contributed by atoms with Gasteiger partial charge in [0.15, 0.2) is 0 Å². The molecule has 0 bridgehead atoms. The summed E-state index contributed by atoms with van der Waals surface area (Å²) in [5.74, 6) is -1.86. The molecule has 2 fully saturated rings. The standard InChI is InChI=1S/C28H31F4N5O2/c1-14-8-10-37(11-9-33-14)25-19-12-15(2)34-23(17-4-5-17)24(19)36-27(39)22(25)26(38)35-16(3)18-6-7-21(29)20(13-18)28(30,31)32/h6-7,12-14,16-17,33H,4-5,8-11H2,1-3H3,(H,35,38)(H,36,39)/t14-,16-/m0/s1. The molecule has 1 aliphatic carbocycles. The third kappa shape index (κ3) is 5.50. The van der Waals surface area contributed by atoms with Gasteiger partial charge in [-0.1, -0.05) is 6.07 Å². The summed E-state index contributed by atoms with van der Waals surface area (Å²) in [6.45, 7) is 7.27. The number of hydrogen-bond donors (Lipinski definition) is 3. The van der Waals surface area contributed by atoms with Crippen LogP contribution in [0.3, 0.4) is 0 Å². The summed E-state index contributed by atoms with van der Waals surface area (Å²) >= 11 is 0. The van der Waals surface area contributed by atoms with Crippen LogP contribution in [0.4, 0.5) is 23.2 Å². The van der Waals surface area contributed by atoms with E-state index < -0.39 is 35.1 Å². The van der Waals surface area contributed by atoms with E-state index in [0.29, 0.717) is 36.9 Å². The van der Waals surface area contributed by atoms with Gasteiger partial charge in [0.2, 0.25) is 0 Å². The molecular weight excluding hydrogens is 514 g/mol. The van der Waals surface area contributed by atoms with Crippen molar-refractivity contribution in [3.05, 3.63) is 68.5 Å². The van der Waals surface area contributed by atoms with Crippen molar-refractivity contribution in [3.63, 3.8) is 0 Å². The Balaban J connectivity index is 1.60. The molecule has 11 heteroatoms. The molecule has 3 heterocycles. The number of aromatic amines is 1. The van der Waals surface area contributed by atoms with E-state index in [0.717, 1.165) is 42.1 Å². The Morgan fingerprint density at radius 1 is 1.18 bits per heavy atom. The number of aryl methyl sites for hydroxylation is 1. The number of aromatic nitrogens is 2. The Labute approximate surface area is 223 Å². The Bertz CT molecular complexity index is 1480. The van der Waals surface area contributed by atoms with Gasteiger partial charge >= 0.3 is 6.18 Å². The van der Waals surface area contributed by atoms with Crippen LogP contribution in [0.1, 0.15) is 77.9 Å². The van der Waals surface area contributed by atoms with E-state index in [1.165, 1.54) is 13.0 Å². The molecule has 1 saturated heterocycles. The number of rotatable bonds is 5. The van der Waals surface area contributed by atoms with Gasteiger partial charge in [0.1, 0.15) is 11.4 Å². The lowest BCUT2D eigenvalue weighted by Gasteiger charge is -2.27. The molecule has 2 atom stereocenters. The lowest BCUT2D eigenvalue weighted by atomic mass is 10.0. The van der Waals surface area contributed by atoms with Crippen molar-refractivity contribution in [2.75, 3.05) is 24.5 Å². The summed E-state index contributed by atoms with van der Waals surface area (Å²) < 4.78 is 53.7. The van der Waals surface area contributed by atoms with Gasteiger partial charge < -0.3 is 20.5 Å². The van der Waals surface area contributed by atoms with Gasteiger partial charge in [-0.3, -0.25) is 14.6 Å². The van der Waals surface area contributed by atoms with Crippen LogP contribution in [-0.2, 0) is 6.18 Å². The van der Waals surface area contributed by atoms with E-state index in [9.17, 15) is 27.2 Å². The molecular formula is C28H31F4N5O2. The number of benzene rings is 1. The fourth-order valence-corrected chi connectivity index (χ4v) is 5.24. The van der Waals surface area contributed by atoms with Crippen molar-refractivity contribution in [1.29, 1.82) is 0 Å². The molecule has 39 heavy (non-hydrogen) atoms. The first-order valence-electron chi connectivity index (χ1n) is 13.2. The van der Waals surface area contributed by atoms with E-state index in [2.05, 4.69) is 22.5 Å². The van der Waals surface area contributed by atoms with Gasteiger partial charge in [0.25, 0.3) is 11.5 Å². The molecule has 0 spiro atoms. The minimum atomic E-state index is -4.88. The molecule has 2 aliphatic rings. The van der Waals surface area contributed by atoms with Crippen molar-refractivity contribution < 1.29 is 22.4 Å². The molecule has 1 aliphatic heterocycles. The number of H-pyrrole nitrogens is 1. The highest BCUT2D eigenvalue weighted by atomic mass is 19.4. The first-order valence-corrected chi connectivity index (χ1v) is 13.2. The third-order valence-electron chi connectivity index (χ3n) is 7.49. The van der Waals surface area contributed by atoms with Gasteiger partial charge in [-0.25, -0.2) is 4.39 Å². The number of fused-ring (bicyclic) bond motifs is 1. The first kappa shape index (κ1) is 27.1. The van der Waals surface area contributed by atoms with Gasteiger partial charge in [-0.05, 0) is 63.8 Å². The number of alkyl halides is 3. The molecule has 7 nitrogen and oxygen atoms in total. The molecule has 0 radical (unpaired) electrons. The second kappa shape index (κ2) is 10.3. The largest absolute Gasteiger partial charge is 0.419 e. The number of nitrogens with zero attached hydrogens (tertiary/aromatic N) is 2. The van der Waals surface area contributed by atoms with Crippen LogP contribution in [0.25, 0.3) is 10.9 Å². The van der Waals surface area contributed by atoms with E-state index in [-0.39, 0.29) is 23.1 Å². The van der Waals surface area contributed by atoms with Crippen LogP contribution in [-0.4, -0.2) is 41.6 Å². The number of hydrogen-bond acceptors (Lipinski definition) is 5. The van der Waals surface area contributed by atoms with Gasteiger partial charge in [0.05, 0.1) is 28.5 Å². The Morgan fingerprint density at radius 2 is 1.92 bits per heavy atom. The summed E-state index contributed by atoms with van der Waals surface area (Å²) in [5, 5.41) is 6.82. The monoisotopic (exact) mass is 545 g/mol. The molecule has 1 saturated carbocycles. The molecule has 5 rings (SSSR count). The van der Waals surface area contributed by atoms with Gasteiger partial charge in [-0.2, -0.15) is 13.2 Å². The Hall–Kier alpha value is -3.47. The first-order chi connectivity index (χ1) is 18.4. The fraction of sp³-hybridized carbons (Fsp3) is 0.464. The molecule has 3 N–H and O–H groups in total. The smallest absolute Gasteiger partial charge is 0.369 e. The number of anilines is 1. The number of amides is 1. The average Bonchev–Trinajstić information content (AvgIpc) is 3.71. The zero-order chi connectivity index (χ0) is 28.1. The topological polar surface area (TPSA) is 90.1 Å². The molecule has 2 aromatic heterocycles. The number of halogens is 4. The second-order valence-electron chi connectivity index (χ2n) is 10.6. The van der Waals surface area contributed by atoms with E-state index in [1.807, 2.05) is 17.9 Å². The minimum absolute atomic E-state index is 0.0692. The molecule has 0 unspecified atom stereocenters. The molecule has 1 aromatic carbocycles. The third-order valence-corrected chi connectivity index (χ3v) is 7.49. The summed E-state index contributed by atoms with van der Waals surface area (Å²) in [6, 6.07) is 3.81. The summed E-state index contributed by atoms with van der Waals surface area (Å²) in [4.78, 5) is 36.8. The lowest BCUT2D eigenvalue weighted by molar-refractivity contribution is -0.140.